The van der Waals surface area contributed by atoms with E-state index in [0.717, 1.165) is 15.4 Å². The zero-order valence-electron chi connectivity index (χ0n) is 44.9. The number of carbonyl (C=O) groups is 9. The van der Waals surface area contributed by atoms with E-state index in [2.05, 4.69) is 16.0 Å². The standard InChI is InChI=1S/C54H80N8O11/c1-13-34(5)44-51(69)58(9)31-42(63)55-39(27-33(3)4)49(67)61(12)46(54(7,8)72)53(71)73-45(35(6)14-2)52(70)59(10)32-43(64)56-40(28-36-21-17-15-18-22-36)48(66)60(11)41(29-37-23-19-16-20-24-37)50(68)62-26-25-38(30-62)47(65)57-44/h15-24,33-35,38-41,44-46,72H,13-14,25-32H2,1-12H3,(H,55,63)(H,56,64)(H,57,65)/t34?,35-,38-,39?,40?,41+,44+,45?,46?/m1/s1. The lowest BCUT2D eigenvalue weighted by atomic mass is 9.95. The molecule has 2 aromatic rings. The van der Waals surface area contributed by atoms with Crippen LogP contribution in [-0.2, 0) is 60.7 Å². The Bertz CT molecular complexity index is 2260. The average Bonchev–Trinajstić information content (AvgIpc) is 3.85. The number of hydrogen-bond acceptors (Lipinski definition) is 11. The number of nitrogens with zero attached hydrogens (tertiary/aromatic N) is 5. The molecule has 8 amide bonds. The molecule has 0 spiro atoms. The third kappa shape index (κ3) is 16.1. The largest absolute Gasteiger partial charge is 0.450 e. The second kappa shape index (κ2) is 26.5. The van der Waals surface area contributed by atoms with Crippen LogP contribution in [0.25, 0.3) is 0 Å². The number of aliphatic hydroxyl groups is 1. The number of benzene rings is 2. The van der Waals surface area contributed by atoms with Crippen molar-refractivity contribution in [2.75, 3.05) is 54.4 Å². The van der Waals surface area contributed by atoms with Crippen molar-refractivity contribution in [1.29, 1.82) is 0 Å². The highest BCUT2D eigenvalue weighted by atomic mass is 16.6. The maximum atomic E-state index is 14.8. The van der Waals surface area contributed by atoms with Gasteiger partial charge in [-0.15, -0.1) is 0 Å². The van der Waals surface area contributed by atoms with Gasteiger partial charge in [0.1, 0.15) is 24.2 Å². The second-order valence-corrected chi connectivity index (χ2v) is 21.0. The zero-order chi connectivity index (χ0) is 54.5. The van der Waals surface area contributed by atoms with Gasteiger partial charge < -0.3 is 50.3 Å². The zero-order valence-corrected chi connectivity index (χ0v) is 44.9. The Balaban J connectivity index is 1.81. The molecule has 4 N–H and O–H groups in total. The van der Waals surface area contributed by atoms with Gasteiger partial charge in [0.25, 0.3) is 5.91 Å². The summed E-state index contributed by atoms with van der Waals surface area (Å²) in [6.45, 7) is 12.5. The predicted molar refractivity (Wildman–Crippen MR) is 274 cm³/mol. The molecule has 9 atom stereocenters. The van der Waals surface area contributed by atoms with Crippen molar-refractivity contribution >= 4 is 53.2 Å². The highest BCUT2D eigenvalue weighted by Gasteiger charge is 2.46. The van der Waals surface area contributed by atoms with Crippen molar-refractivity contribution in [3.05, 3.63) is 71.8 Å². The molecule has 0 saturated carbocycles. The minimum absolute atomic E-state index is 0.00316. The highest BCUT2D eigenvalue weighted by Crippen LogP contribution is 2.25. The van der Waals surface area contributed by atoms with E-state index in [1.54, 1.807) is 45.0 Å². The van der Waals surface area contributed by atoms with E-state index in [-0.39, 0.29) is 50.6 Å². The minimum Gasteiger partial charge on any atom is -0.450 e. The van der Waals surface area contributed by atoms with Gasteiger partial charge in [0.2, 0.25) is 41.4 Å². The molecule has 2 aliphatic heterocycles. The summed E-state index contributed by atoms with van der Waals surface area (Å²) in [5.41, 5.74) is -0.480. The molecule has 0 radical (unpaired) electrons. The molecule has 2 fully saturated rings. The number of nitrogens with one attached hydrogen (secondary N) is 3. The number of amides is 8. The summed E-state index contributed by atoms with van der Waals surface area (Å²) in [5.74, 6) is -7.93. The fourth-order valence-corrected chi connectivity index (χ4v) is 9.34. The molecule has 2 aliphatic rings. The van der Waals surface area contributed by atoms with Crippen molar-refractivity contribution in [1.82, 2.24) is 40.4 Å². The molecular weight excluding hydrogens is 937 g/mol. The van der Waals surface area contributed by atoms with Crippen LogP contribution in [0.4, 0.5) is 0 Å². The summed E-state index contributed by atoms with van der Waals surface area (Å²) in [5, 5.41) is 19.9. The fourth-order valence-electron chi connectivity index (χ4n) is 9.34. The Labute approximate surface area is 431 Å². The van der Waals surface area contributed by atoms with Crippen LogP contribution in [-0.4, -0.2) is 179 Å². The SMILES string of the molecule is CCC(C)[C@@H]1NC(=O)[C@@H]2CCN(C2)C(=O)[C@H](Cc2ccccc2)N(C)C(=O)C(Cc2ccccc2)NC(=O)CN(C)C(=O)C([C@H](C)CC)OC(=O)C(C(C)(C)O)N(C)C(=O)C(CC(C)C)NC(=O)CN(C)C1=O. The summed E-state index contributed by atoms with van der Waals surface area (Å²) in [4.78, 5) is 135. The van der Waals surface area contributed by atoms with Gasteiger partial charge in [-0.05, 0) is 56.1 Å². The number of fused-ring (bicyclic) bond motifs is 2. The Morgan fingerprint density at radius 3 is 1.67 bits per heavy atom. The van der Waals surface area contributed by atoms with Gasteiger partial charge in [0, 0.05) is 60.0 Å². The normalized spacial score (nSPS) is 25.5. The van der Waals surface area contributed by atoms with Crippen LogP contribution in [0.5, 0.6) is 0 Å². The molecule has 2 aromatic carbocycles. The second-order valence-electron chi connectivity index (χ2n) is 21.0. The van der Waals surface area contributed by atoms with Gasteiger partial charge >= 0.3 is 5.97 Å². The molecule has 0 aromatic heterocycles. The molecule has 4 rings (SSSR count). The molecule has 2 saturated heterocycles. The van der Waals surface area contributed by atoms with E-state index in [1.807, 2.05) is 57.2 Å². The third-order valence-corrected chi connectivity index (χ3v) is 14.1. The van der Waals surface area contributed by atoms with Gasteiger partial charge in [-0.1, -0.05) is 109 Å². The van der Waals surface area contributed by atoms with E-state index in [4.69, 9.17) is 4.74 Å². The fraction of sp³-hybridized carbons (Fsp3) is 0.611. The molecule has 19 heteroatoms. The number of likely N-dealkylation sites (N-methyl/N-ethyl adjacent to an activating group) is 4. The molecule has 402 valence electrons. The Kier molecular flexibility index (Phi) is 21.5. The molecule has 0 aliphatic carbocycles. The average molecular weight is 1020 g/mol. The van der Waals surface area contributed by atoms with Crippen molar-refractivity contribution in [2.24, 2.45) is 23.7 Å². The first-order valence-electron chi connectivity index (χ1n) is 25.5. The lowest BCUT2D eigenvalue weighted by molar-refractivity contribution is -0.176. The smallest absolute Gasteiger partial charge is 0.332 e. The van der Waals surface area contributed by atoms with Crippen LogP contribution in [0.15, 0.2) is 60.7 Å². The lowest BCUT2D eigenvalue weighted by Gasteiger charge is -2.38. The highest BCUT2D eigenvalue weighted by molar-refractivity contribution is 5.96. The minimum atomic E-state index is -1.94. The molecular formula is C54H80N8O11. The van der Waals surface area contributed by atoms with Crippen LogP contribution in [0.3, 0.4) is 0 Å². The molecule has 2 heterocycles. The van der Waals surface area contributed by atoms with Crippen molar-refractivity contribution < 1.29 is 53.0 Å². The van der Waals surface area contributed by atoms with E-state index < -0.39 is 120 Å². The van der Waals surface area contributed by atoms with Crippen molar-refractivity contribution in [2.45, 2.75) is 136 Å². The first kappa shape index (κ1) is 59.2. The van der Waals surface area contributed by atoms with Crippen LogP contribution in [0, 0.1) is 23.7 Å². The number of esters is 1. The number of cyclic esters (lactones) is 1. The van der Waals surface area contributed by atoms with Crippen LogP contribution >= 0.6 is 0 Å². The van der Waals surface area contributed by atoms with Crippen molar-refractivity contribution in [3.63, 3.8) is 0 Å². The summed E-state index contributed by atoms with van der Waals surface area (Å²) < 4.78 is 5.92. The lowest BCUT2D eigenvalue weighted by Crippen LogP contribution is -2.61. The monoisotopic (exact) mass is 1020 g/mol. The number of ether oxygens (including phenoxy) is 1. The van der Waals surface area contributed by atoms with Crippen LogP contribution in [0.2, 0.25) is 0 Å². The van der Waals surface area contributed by atoms with E-state index in [1.165, 1.54) is 56.7 Å². The van der Waals surface area contributed by atoms with Crippen LogP contribution < -0.4 is 16.0 Å². The quantitative estimate of drug-likeness (QED) is 0.238. The molecule has 2 bridgehead atoms. The Morgan fingerprint density at radius 2 is 1.15 bits per heavy atom. The summed E-state index contributed by atoms with van der Waals surface area (Å²) >= 11 is 0. The maximum absolute atomic E-state index is 14.8. The van der Waals surface area contributed by atoms with Gasteiger partial charge in [-0.3, -0.25) is 38.4 Å². The van der Waals surface area contributed by atoms with Gasteiger partial charge in [0.05, 0.1) is 24.6 Å². The van der Waals surface area contributed by atoms with E-state index in [9.17, 15) is 48.3 Å². The number of rotatable bonds is 11. The van der Waals surface area contributed by atoms with Gasteiger partial charge in [0.15, 0.2) is 12.1 Å². The van der Waals surface area contributed by atoms with Gasteiger partial charge in [-0.2, -0.15) is 0 Å². The third-order valence-electron chi connectivity index (χ3n) is 14.1. The van der Waals surface area contributed by atoms with Crippen LogP contribution in [0.1, 0.15) is 92.2 Å². The maximum Gasteiger partial charge on any atom is 0.332 e. The number of carbonyl (C=O) groups excluding carboxylic acids is 9. The molecule has 19 nitrogen and oxygen atoms in total. The van der Waals surface area contributed by atoms with E-state index in [0.29, 0.717) is 18.4 Å². The summed E-state index contributed by atoms with van der Waals surface area (Å²) in [6.07, 6.45) is -0.142. The molecule has 73 heavy (non-hydrogen) atoms. The van der Waals surface area contributed by atoms with E-state index >= 15 is 0 Å². The predicted octanol–water partition coefficient (Wildman–Crippen LogP) is 2.18. The summed E-state index contributed by atoms with van der Waals surface area (Å²) in [6, 6.07) is 11.9. The Hall–Kier alpha value is -6.37. The number of hydrogen-bond donors (Lipinski definition) is 4. The molecule has 5 unspecified atom stereocenters. The van der Waals surface area contributed by atoms with Gasteiger partial charge in [-0.25, -0.2) is 4.79 Å². The summed E-state index contributed by atoms with van der Waals surface area (Å²) in [7, 11) is 5.54. The first-order chi connectivity index (χ1) is 34.3. The van der Waals surface area contributed by atoms with Crippen molar-refractivity contribution in [3.8, 4) is 0 Å². The first-order valence-corrected chi connectivity index (χ1v) is 25.5. The topological polar surface area (TPSA) is 235 Å². The Morgan fingerprint density at radius 1 is 0.644 bits per heavy atom.